The molecule has 1 amide bonds. The van der Waals surface area contributed by atoms with E-state index in [1.165, 1.54) is 28.9 Å². The molecule has 2 aromatic heterocycles. The highest BCUT2D eigenvalue weighted by atomic mass is 32.2. The number of hydrogen-bond donors (Lipinski definition) is 2. The molecule has 32 heavy (non-hydrogen) atoms. The molecule has 3 aromatic rings. The molecule has 0 aliphatic rings. The van der Waals surface area contributed by atoms with Crippen molar-refractivity contribution in [3.05, 3.63) is 40.8 Å². The van der Waals surface area contributed by atoms with E-state index in [-0.39, 0.29) is 29.2 Å². The zero-order valence-electron chi connectivity index (χ0n) is 17.0. The van der Waals surface area contributed by atoms with Gasteiger partial charge in [-0.15, -0.1) is 21.5 Å². The van der Waals surface area contributed by atoms with Gasteiger partial charge in [0.15, 0.2) is 5.82 Å². The van der Waals surface area contributed by atoms with Crippen molar-refractivity contribution in [2.45, 2.75) is 25.6 Å². The Morgan fingerprint density at radius 3 is 2.66 bits per heavy atom. The van der Waals surface area contributed by atoms with E-state index in [0.717, 1.165) is 23.1 Å². The molecular weight excluding hydrogens is 464 g/mol. The van der Waals surface area contributed by atoms with Crippen molar-refractivity contribution >= 4 is 40.0 Å². The molecule has 0 saturated carbocycles. The SMILES string of the molecule is CCOC(=O)c1sc(NC(=O)CSc2nnc(-c3ccc(OC(F)F)cc3)n2N)cc1C. The van der Waals surface area contributed by atoms with Crippen molar-refractivity contribution in [1.82, 2.24) is 14.9 Å². The number of rotatable bonds is 9. The van der Waals surface area contributed by atoms with Crippen LogP contribution in [0.25, 0.3) is 11.4 Å². The molecule has 2 heterocycles. The van der Waals surface area contributed by atoms with Crippen molar-refractivity contribution in [1.29, 1.82) is 0 Å². The van der Waals surface area contributed by atoms with Crippen LogP contribution in [0.5, 0.6) is 5.75 Å². The van der Waals surface area contributed by atoms with Crippen LogP contribution < -0.4 is 15.9 Å². The first-order valence-corrected chi connectivity index (χ1v) is 11.0. The summed E-state index contributed by atoms with van der Waals surface area (Å²) >= 11 is 2.20. The Balaban J connectivity index is 1.60. The number of nitrogens with two attached hydrogens (primary N) is 1. The summed E-state index contributed by atoms with van der Waals surface area (Å²) in [6, 6.07) is 7.47. The van der Waals surface area contributed by atoms with Crippen molar-refractivity contribution in [2.75, 3.05) is 23.5 Å². The Morgan fingerprint density at radius 1 is 1.28 bits per heavy atom. The third kappa shape index (κ3) is 5.73. The molecule has 0 aliphatic carbocycles. The van der Waals surface area contributed by atoms with Crippen LogP contribution in [-0.4, -0.2) is 45.7 Å². The van der Waals surface area contributed by atoms with Gasteiger partial charge < -0.3 is 20.6 Å². The summed E-state index contributed by atoms with van der Waals surface area (Å²) in [5, 5.41) is 11.5. The zero-order valence-corrected chi connectivity index (χ0v) is 18.6. The number of alkyl halides is 2. The molecule has 3 N–H and O–H groups in total. The summed E-state index contributed by atoms with van der Waals surface area (Å²) in [7, 11) is 0. The van der Waals surface area contributed by atoms with Crippen LogP contribution in [0.1, 0.15) is 22.2 Å². The number of carbonyl (C=O) groups excluding carboxylic acids is 2. The van der Waals surface area contributed by atoms with Crippen LogP contribution in [0.2, 0.25) is 0 Å². The smallest absolute Gasteiger partial charge is 0.387 e. The van der Waals surface area contributed by atoms with Gasteiger partial charge in [-0.1, -0.05) is 11.8 Å². The first kappa shape index (κ1) is 23.5. The second-order valence-electron chi connectivity index (χ2n) is 6.26. The fourth-order valence-corrected chi connectivity index (χ4v) is 4.24. The molecule has 0 spiro atoms. The minimum absolute atomic E-state index is 0.00217. The summed E-state index contributed by atoms with van der Waals surface area (Å²) in [5.41, 5.74) is 1.26. The van der Waals surface area contributed by atoms with Gasteiger partial charge in [-0.2, -0.15) is 8.78 Å². The fourth-order valence-electron chi connectivity index (χ4n) is 2.60. The maximum atomic E-state index is 12.3. The molecule has 0 radical (unpaired) electrons. The molecule has 1 aromatic carbocycles. The van der Waals surface area contributed by atoms with Crippen molar-refractivity contribution in [2.24, 2.45) is 0 Å². The van der Waals surface area contributed by atoms with Gasteiger partial charge in [0.1, 0.15) is 10.6 Å². The first-order chi connectivity index (χ1) is 15.3. The number of nitrogens with zero attached hydrogens (tertiary/aromatic N) is 3. The van der Waals surface area contributed by atoms with Gasteiger partial charge in [-0.05, 0) is 49.7 Å². The monoisotopic (exact) mass is 483 g/mol. The molecule has 0 unspecified atom stereocenters. The van der Waals surface area contributed by atoms with Gasteiger partial charge in [-0.3, -0.25) is 4.79 Å². The van der Waals surface area contributed by atoms with Gasteiger partial charge in [0.25, 0.3) is 0 Å². The third-order valence-corrected chi connectivity index (χ3v) is 6.05. The number of thiophene rings is 1. The van der Waals surface area contributed by atoms with E-state index < -0.39 is 12.6 Å². The predicted octanol–water partition coefficient (Wildman–Crippen LogP) is 3.54. The number of thioether (sulfide) groups is 1. The van der Waals surface area contributed by atoms with Crippen LogP contribution in [0.15, 0.2) is 35.5 Å². The number of esters is 1. The number of hydrogen-bond acceptors (Lipinski definition) is 9. The van der Waals surface area contributed by atoms with Crippen LogP contribution in [0.3, 0.4) is 0 Å². The normalized spacial score (nSPS) is 10.9. The molecule has 170 valence electrons. The van der Waals surface area contributed by atoms with Gasteiger partial charge in [-0.25, -0.2) is 9.47 Å². The highest BCUT2D eigenvalue weighted by molar-refractivity contribution is 7.99. The molecule has 0 saturated heterocycles. The van der Waals surface area contributed by atoms with E-state index in [4.69, 9.17) is 10.6 Å². The minimum atomic E-state index is -2.91. The molecule has 0 bridgehead atoms. The Hall–Kier alpha value is -3.19. The van der Waals surface area contributed by atoms with Crippen LogP contribution in [0, 0.1) is 6.92 Å². The van der Waals surface area contributed by atoms with Gasteiger partial charge in [0.2, 0.25) is 11.1 Å². The molecule has 0 fully saturated rings. The maximum absolute atomic E-state index is 12.3. The second kappa shape index (κ2) is 10.4. The molecule has 0 atom stereocenters. The lowest BCUT2D eigenvalue weighted by molar-refractivity contribution is -0.113. The Morgan fingerprint density at radius 2 is 2.00 bits per heavy atom. The summed E-state index contributed by atoms with van der Waals surface area (Å²) in [4.78, 5) is 24.6. The summed E-state index contributed by atoms with van der Waals surface area (Å²) in [5.74, 6) is 5.58. The lowest BCUT2D eigenvalue weighted by Gasteiger charge is -2.06. The quantitative estimate of drug-likeness (QED) is 0.269. The highest BCUT2D eigenvalue weighted by Gasteiger charge is 2.17. The van der Waals surface area contributed by atoms with Crippen molar-refractivity contribution < 1.29 is 27.8 Å². The molecule has 3 rings (SSSR count). The van der Waals surface area contributed by atoms with Crippen LogP contribution >= 0.6 is 23.1 Å². The van der Waals surface area contributed by atoms with Crippen LogP contribution in [-0.2, 0) is 9.53 Å². The van der Waals surface area contributed by atoms with E-state index in [9.17, 15) is 18.4 Å². The molecule has 9 nitrogen and oxygen atoms in total. The average molecular weight is 484 g/mol. The average Bonchev–Trinajstić information content (AvgIpc) is 3.29. The topological polar surface area (TPSA) is 121 Å². The fraction of sp³-hybridized carbons (Fsp3) is 0.263. The number of anilines is 1. The number of carbonyl (C=O) groups is 2. The number of nitrogens with one attached hydrogen (secondary N) is 1. The molecular formula is C19H19F2N5O4S2. The van der Waals surface area contributed by atoms with E-state index in [0.29, 0.717) is 26.8 Å². The predicted molar refractivity (Wildman–Crippen MR) is 117 cm³/mol. The Kier molecular flexibility index (Phi) is 7.64. The lowest BCUT2D eigenvalue weighted by atomic mass is 10.2. The van der Waals surface area contributed by atoms with Gasteiger partial charge in [0, 0.05) is 5.56 Å². The largest absolute Gasteiger partial charge is 0.462 e. The van der Waals surface area contributed by atoms with E-state index >= 15 is 0 Å². The zero-order chi connectivity index (χ0) is 23.3. The number of amides is 1. The molecule has 13 heteroatoms. The first-order valence-electron chi connectivity index (χ1n) is 9.24. The Bertz CT molecular complexity index is 1100. The van der Waals surface area contributed by atoms with E-state index in [2.05, 4.69) is 20.3 Å². The third-order valence-electron chi connectivity index (χ3n) is 3.98. The number of aromatic nitrogens is 3. The molecule has 0 aliphatic heterocycles. The van der Waals surface area contributed by atoms with Gasteiger partial charge in [0.05, 0.1) is 17.4 Å². The van der Waals surface area contributed by atoms with E-state index in [1.807, 2.05) is 0 Å². The number of nitrogen functional groups attached to an aromatic ring is 1. The van der Waals surface area contributed by atoms with Gasteiger partial charge >= 0.3 is 12.6 Å². The number of aryl methyl sites for hydroxylation is 1. The lowest BCUT2D eigenvalue weighted by Crippen LogP contribution is -2.16. The second-order valence-corrected chi connectivity index (χ2v) is 8.25. The number of halogens is 2. The maximum Gasteiger partial charge on any atom is 0.387 e. The highest BCUT2D eigenvalue weighted by Crippen LogP contribution is 2.28. The van der Waals surface area contributed by atoms with E-state index in [1.54, 1.807) is 19.9 Å². The standard InChI is InChI=1S/C19H19F2N5O4S2/c1-3-29-17(28)15-10(2)8-14(32-15)23-13(27)9-31-19-25-24-16(26(19)22)11-4-6-12(7-5-11)30-18(20)21/h4-8,18H,3,9,22H2,1-2H3,(H,23,27). The minimum Gasteiger partial charge on any atom is -0.462 e. The van der Waals surface area contributed by atoms with Crippen LogP contribution in [0.4, 0.5) is 13.8 Å². The van der Waals surface area contributed by atoms with Crippen molar-refractivity contribution in [3.8, 4) is 17.1 Å². The number of benzene rings is 1. The number of ether oxygens (including phenoxy) is 2. The van der Waals surface area contributed by atoms with Crippen molar-refractivity contribution in [3.63, 3.8) is 0 Å². The summed E-state index contributed by atoms with van der Waals surface area (Å²) in [6.45, 7) is 0.837. The summed E-state index contributed by atoms with van der Waals surface area (Å²) < 4.78 is 35.0. The Labute approximate surface area is 189 Å². The summed E-state index contributed by atoms with van der Waals surface area (Å²) in [6.07, 6.45) is 0.